The van der Waals surface area contributed by atoms with Crippen molar-refractivity contribution in [2.24, 2.45) is 0 Å². The van der Waals surface area contributed by atoms with Gasteiger partial charge in [0.2, 0.25) is 5.91 Å². The summed E-state index contributed by atoms with van der Waals surface area (Å²) in [5, 5.41) is 6.67. The zero-order chi connectivity index (χ0) is 10.8. The van der Waals surface area contributed by atoms with Gasteiger partial charge in [-0.05, 0) is 13.8 Å². The van der Waals surface area contributed by atoms with Crippen molar-refractivity contribution in [2.45, 2.75) is 19.9 Å². The van der Waals surface area contributed by atoms with Gasteiger partial charge in [0.25, 0.3) is 0 Å². The maximum atomic E-state index is 11.7. The first kappa shape index (κ1) is 10.9. The molecule has 1 aliphatic heterocycles. The van der Waals surface area contributed by atoms with Gasteiger partial charge in [0, 0.05) is 16.5 Å². The van der Waals surface area contributed by atoms with E-state index in [0.717, 1.165) is 22.2 Å². The molecule has 1 aliphatic rings. The van der Waals surface area contributed by atoms with E-state index in [2.05, 4.69) is 15.6 Å². The minimum absolute atomic E-state index is 0.0220. The van der Waals surface area contributed by atoms with Gasteiger partial charge in [-0.2, -0.15) is 0 Å². The van der Waals surface area contributed by atoms with E-state index in [9.17, 15) is 4.79 Å². The lowest BCUT2D eigenvalue weighted by atomic mass is 10.3. The molecular weight excluding hydrogens is 230 g/mol. The van der Waals surface area contributed by atoms with Crippen LogP contribution in [0.2, 0.25) is 0 Å². The summed E-state index contributed by atoms with van der Waals surface area (Å²) in [4.78, 5) is 17.1. The average molecular weight is 243 g/mol. The number of anilines is 1. The second kappa shape index (κ2) is 4.51. The van der Waals surface area contributed by atoms with Crippen LogP contribution >= 0.6 is 23.1 Å². The third kappa shape index (κ3) is 2.50. The molecule has 2 heterocycles. The van der Waals surface area contributed by atoms with Crippen LogP contribution in [0.15, 0.2) is 0 Å². The number of thiazole rings is 1. The van der Waals surface area contributed by atoms with Crippen LogP contribution in [0.5, 0.6) is 0 Å². The SMILES string of the molecule is Cc1nc(NC(=O)C2CSCN2)sc1C. The van der Waals surface area contributed by atoms with Crippen LogP contribution < -0.4 is 10.6 Å². The highest BCUT2D eigenvalue weighted by Gasteiger charge is 2.23. The zero-order valence-corrected chi connectivity index (χ0v) is 10.3. The Morgan fingerprint density at radius 1 is 1.60 bits per heavy atom. The van der Waals surface area contributed by atoms with E-state index in [0.29, 0.717) is 5.13 Å². The molecule has 15 heavy (non-hydrogen) atoms. The van der Waals surface area contributed by atoms with Crippen LogP contribution in [0, 0.1) is 13.8 Å². The number of aryl methyl sites for hydroxylation is 2. The first-order valence-electron chi connectivity index (χ1n) is 4.73. The van der Waals surface area contributed by atoms with Crippen molar-refractivity contribution in [1.82, 2.24) is 10.3 Å². The van der Waals surface area contributed by atoms with Crippen molar-refractivity contribution >= 4 is 34.1 Å². The van der Waals surface area contributed by atoms with Crippen LogP contribution in [0.3, 0.4) is 0 Å². The van der Waals surface area contributed by atoms with E-state index in [4.69, 9.17) is 0 Å². The Balaban J connectivity index is 1.99. The van der Waals surface area contributed by atoms with Crippen LogP contribution in [-0.4, -0.2) is 28.6 Å². The minimum atomic E-state index is -0.0699. The molecule has 2 rings (SSSR count). The number of rotatable bonds is 2. The lowest BCUT2D eigenvalue weighted by Crippen LogP contribution is -2.37. The van der Waals surface area contributed by atoms with E-state index >= 15 is 0 Å². The van der Waals surface area contributed by atoms with E-state index in [1.807, 2.05) is 13.8 Å². The van der Waals surface area contributed by atoms with Crippen LogP contribution in [0.1, 0.15) is 10.6 Å². The molecule has 1 aromatic heterocycles. The average Bonchev–Trinajstić information content (AvgIpc) is 2.77. The monoisotopic (exact) mass is 243 g/mol. The van der Waals surface area contributed by atoms with Crippen molar-refractivity contribution in [2.75, 3.05) is 16.9 Å². The van der Waals surface area contributed by atoms with E-state index in [1.165, 1.54) is 11.3 Å². The van der Waals surface area contributed by atoms with Crippen LogP contribution in [0.4, 0.5) is 5.13 Å². The molecule has 1 unspecified atom stereocenters. The Labute approximate surface area is 96.9 Å². The summed E-state index contributed by atoms with van der Waals surface area (Å²) < 4.78 is 0. The van der Waals surface area contributed by atoms with Crippen molar-refractivity contribution < 1.29 is 4.79 Å². The minimum Gasteiger partial charge on any atom is -0.301 e. The lowest BCUT2D eigenvalue weighted by Gasteiger charge is -2.07. The van der Waals surface area contributed by atoms with Crippen molar-refractivity contribution in [3.63, 3.8) is 0 Å². The summed E-state index contributed by atoms with van der Waals surface area (Å²) in [7, 11) is 0. The largest absolute Gasteiger partial charge is 0.301 e. The highest BCUT2D eigenvalue weighted by atomic mass is 32.2. The highest BCUT2D eigenvalue weighted by Crippen LogP contribution is 2.21. The molecular formula is C9H13N3OS2. The first-order valence-corrected chi connectivity index (χ1v) is 6.70. The Morgan fingerprint density at radius 3 is 2.93 bits per heavy atom. The van der Waals surface area contributed by atoms with Crippen LogP contribution in [-0.2, 0) is 4.79 Å². The summed E-state index contributed by atoms with van der Waals surface area (Å²) in [6.07, 6.45) is 0. The molecule has 1 aromatic rings. The zero-order valence-electron chi connectivity index (χ0n) is 8.66. The lowest BCUT2D eigenvalue weighted by molar-refractivity contribution is -0.117. The molecule has 4 nitrogen and oxygen atoms in total. The standard InChI is InChI=1S/C9H13N3OS2/c1-5-6(2)15-9(11-5)12-8(13)7-3-14-4-10-7/h7,10H,3-4H2,1-2H3,(H,11,12,13). The fraction of sp³-hybridized carbons (Fsp3) is 0.556. The van der Waals surface area contributed by atoms with Gasteiger partial charge in [0.15, 0.2) is 5.13 Å². The van der Waals surface area contributed by atoms with E-state index in [1.54, 1.807) is 11.8 Å². The first-order chi connectivity index (χ1) is 7.16. The van der Waals surface area contributed by atoms with Gasteiger partial charge in [-0.1, -0.05) is 0 Å². The molecule has 1 fully saturated rings. The highest BCUT2D eigenvalue weighted by molar-refractivity contribution is 7.99. The molecule has 0 aliphatic carbocycles. The second-order valence-electron chi connectivity index (χ2n) is 3.42. The van der Waals surface area contributed by atoms with Gasteiger partial charge in [-0.25, -0.2) is 4.98 Å². The third-order valence-electron chi connectivity index (χ3n) is 2.29. The summed E-state index contributed by atoms with van der Waals surface area (Å²) in [5.41, 5.74) is 0.990. The number of nitrogens with one attached hydrogen (secondary N) is 2. The predicted molar refractivity (Wildman–Crippen MR) is 64.5 cm³/mol. The fourth-order valence-electron chi connectivity index (χ4n) is 1.28. The number of carbonyl (C=O) groups excluding carboxylic acids is 1. The molecule has 1 saturated heterocycles. The smallest absolute Gasteiger partial charge is 0.244 e. The summed E-state index contributed by atoms with van der Waals surface area (Å²) >= 11 is 3.26. The van der Waals surface area contributed by atoms with Crippen LogP contribution in [0.25, 0.3) is 0 Å². The molecule has 0 aromatic carbocycles. The number of aromatic nitrogens is 1. The van der Waals surface area contributed by atoms with Gasteiger partial charge in [-0.3, -0.25) is 10.1 Å². The second-order valence-corrected chi connectivity index (χ2v) is 5.66. The molecule has 0 spiro atoms. The Hall–Kier alpha value is -0.590. The number of amides is 1. The van der Waals surface area contributed by atoms with Crippen molar-refractivity contribution in [1.29, 1.82) is 0 Å². The van der Waals surface area contributed by atoms with Gasteiger partial charge in [0.05, 0.1) is 11.7 Å². The molecule has 0 radical (unpaired) electrons. The Bertz CT molecular complexity index is 352. The molecule has 6 heteroatoms. The molecule has 0 bridgehead atoms. The van der Waals surface area contributed by atoms with Gasteiger partial charge in [0.1, 0.15) is 0 Å². The van der Waals surface area contributed by atoms with Gasteiger partial charge >= 0.3 is 0 Å². The maximum absolute atomic E-state index is 11.7. The maximum Gasteiger partial charge on any atom is 0.244 e. The van der Waals surface area contributed by atoms with Gasteiger partial charge < -0.3 is 5.32 Å². The summed E-state index contributed by atoms with van der Waals surface area (Å²) in [6.45, 7) is 3.96. The van der Waals surface area contributed by atoms with Crippen molar-refractivity contribution in [3.8, 4) is 0 Å². The van der Waals surface area contributed by atoms with Gasteiger partial charge in [-0.15, -0.1) is 23.1 Å². The Kier molecular flexibility index (Phi) is 3.28. The predicted octanol–water partition coefficient (Wildman–Crippen LogP) is 1.36. The van der Waals surface area contributed by atoms with E-state index in [-0.39, 0.29) is 11.9 Å². The molecule has 0 saturated carbocycles. The fourth-order valence-corrected chi connectivity index (χ4v) is 3.04. The molecule has 82 valence electrons. The quantitative estimate of drug-likeness (QED) is 0.823. The number of hydrogen-bond donors (Lipinski definition) is 2. The Morgan fingerprint density at radius 2 is 2.40 bits per heavy atom. The molecule has 1 atom stereocenters. The number of nitrogens with zero attached hydrogens (tertiary/aromatic N) is 1. The molecule has 1 amide bonds. The van der Waals surface area contributed by atoms with Crippen molar-refractivity contribution in [3.05, 3.63) is 10.6 Å². The normalized spacial score (nSPS) is 20.5. The summed E-state index contributed by atoms with van der Waals surface area (Å²) in [5.74, 6) is 1.72. The third-order valence-corrected chi connectivity index (χ3v) is 4.22. The number of carbonyl (C=O) groups is 1. The molecule has 2 N–H and O–H groups in total. The number of hydrogen-bond acceptors (Lipinski definition) is 5. The summed E-state index contributed by atoms with van der Waals surface area (Å²) in [6, 6.07) is -0.0699. The van der Waals surface area contributed by atoms with E-state index < -0.39 is 0 Å². The number of thioether (sulfide) groups is 1. The topological polar surface area (TPSA) is 54.0 Å².